The van der Waals surface area contributed by atoms with E-state index in [2.05, 4.69) is 34.8 Å². The predicted octanol–water partition coefficient (Wildman–Crippen LogP) is 4.60. The first-order valence-electron chi connectivity index (χ1n) is 5.26. The summed E-state index contributed by atoms with van der Waals surface area (Å²) in [6, 6.07) is 5.76. The van der Waals surface area contributed by atoms with Crippen LogP contribution in [0.15, 0.2) is 18.2 Å². The Bertz CT molecular complexity index is 342. The smallest absolute Gasteiger partial charge is 0.0637 e. The van der Waals surface area contributed by atoms with Crippen LogP contribution in [-0.2, 0) is 6.54 Å². The van der Waals surface area contributed by atoms with Gasteiger partial charge in [0.2, 0.25) is 0 Å². The van der Waals surface area contributed by atoms with E-state index in [1.165, 1.54) is 0 Å². The van der Waals surface area contributed by atoms with Crippen molar-refractivity contribution in [2.75, 3.05) is 13.6 Å². The topological polar surface area (TPSA) is 3.24 Å². The van der Waals surface area contributed by atoms with Crippen LogP contribution in [0.3, 0.4) is 0 Å². The van der Waals surface area contributed by atoms with Crippen LogP contribution < -0.4 is 0 Å². The van der Waals surface area contributed by atoms with E-state index in [4.69, 9.17) is 23.2 Å². The molecule has 1 atom stereocenters. The molecular formula is C12H16BrCl2N. The van der Waals surface area contributed by atoms with Crippen LogP contribution in [0.25, 0.3) is 0 Å². The zero-order chi connectivity index (χ0) is 12.1. The normalized spacial score (nSPS) is 13.1. The van der Waals surface area contributed by atoms with E-state index in [9.17, 15) is 0 Å². The molecule has 0 heterocycles. The highest BCUT2D eigenvalue weighted by molar-refractivity contribution is 9.09. The molecule has 0 spiro atoms. The highest BCUT2D eigenvalue weighted by Crippen LogP contribution is 2.26. The second kappa shape index (κ2) is 6.85. The summed E-state index contributed by atoms with van der Waals surface area (Å²) in [6.07, 6.45) is 1.12. The first-order valence-corrected chi connectivity index (χ1v) is 6.93. The molecule has 1 aromatic rings. The Morgan fingerprint density at radius 2 is 2.06 bits per heavy atom. The van der Waals surface area contributed by atoms with E-state index in [-0.39, 0.29) is 0 Å². The molecule has 1 nitrogen and oxygen atoms in total. The van der Waals surface area contributed by atoms with Crippen molar-refractivity contribution in [2.45, 2.75) is 24.7 Å². The highest BCUT2D eigenvalue weighted by atomic mass is 79.9. The van der Waals surface area contributed by atoms with Gasteiger partial charge in [0.1, 0.15) is 0 Å². The Morgan fingerprint density at radius 1 is 1.38 bits per heavy atom. The maximum absolute atomic E-state index is 6.13. The van der Waals surface area contributed by atoms with Crippen molar-refractivity contribution in [2.24, 2.45) is 0 Å². The second-order valence-corrected chi connectivity index (χ2v) is 6.37. The molecule has 0 amide bonds. The monoisotopic (exact) mass is 323 g/mol. The van der Waals surface area contributed by atoms with Crippen molar-refractivity contribution in [3.63, 3.8) is 0 Å². The van der Waals surface area contributed by atoms with Crippen molar-refractivity contribution in [1.29, 1.82) is 0 Å². The van der Waals surface area contributed by atoms with Crippen molar-refractivity contribution in [1.82, 2.24) is 4.90 Å². The fourth-order valence-corrected chi connectivity index (χ4v) is 2.02. The van der Waals surface area contributed by atoms with E-state index in [0.717, 1.165) is 25.1 Å². The van der Waals surface area contributed by atoms with E-state index < -0.39 is 0 Å². The van der Waals surface area contributed by atoms with Gasteiger partial charge in [0.15, 0.2) is 0 Å². The number of nitrogens with zero attached hydrogens (tertiary/aromatic N) is 1. The fourth-order valence-electron chi connectivity index (χ4n) is 1.44. The standard InChI is InChI=1S/C12H16BrCl2N/c1-9(13)6-7-16(2)8-10-4-3-5-11(14)12(10)15/h3-5,9H,6-8H2,1-2H3. The molecule has 0 aliphatic carbocycles. The van der Waals surface area contributed by atoms with Gasteiger partial charge in [0.25, 0.3) is 0 Å². The summed E-state index contributed by atoms with van der Waals surface area (Å²) in [5.41, 5.74) is 1.08. The van der Waals surface area contributed by atoms with Crippen LogP contribution in [-0.4, -0.2) is 23.3 Å². The van der Waals surface area contributed by atoms with Gasteiger partial charge in [-0.1, -0.05) is 58.2 Å². The SMILES string of the molecule is CC(Br)CCN(C)Cc1cccc(Cl)c1Cl. The summed E-state index contributed by atoms with van der Waals surface area (Å²) in [4.78, 5) is 2.79. The van der Waals surface area contributed by atoms with Gasteiger partial charge < -0.3 is 4.90 Å². The van der Waals surface area contributed by atoms with Crippen molar-refractivity contribution >= 4 is 39.1 Å². The maximum atomic E-state index is 6.13. The Labute approximate surface area is 116 Å². The molecule has 0 saturated heterocycles. The van der Waals surface area contributed by atoms with Crippen molar-refractivity contribution < 1.29 is 0 Å². The van der Waals surface area contributed by atoms with E-state index in [0.29, 0.717) is 14.9 Å². The van der Waals surface area contributed by atoms with Gasteiger partial charge >= 0.3 is 0 Å². The fraction of sp³-hybridized carbons (Fsp3) is 0.500. The molecule has 0 saturated carbocycles. The van der Waals surface area contributed by atoms with Gasteiger partial charge in [0.05, 0.1) is 10.0 Å². The number of halogens is 3. The lowest BCUT2D eigenvalue weighted by atomic mass is 10.2. The molecule has 0 N–H and O–H groups in total. The summed E-state index contributed by atoms with van der Waals surface area (Å²) < 4.78 is 0. The van der Waals surface area contributed by atoms with Crippen LogP contribution in [0, 0.1) is 0 Å². The van der Waals surface area contributed by atoms with Crippen LogP contribution in [0.1, 0.15) is 18.9 Å². The minimum Gasteiger partial charge on any atom is -0.302 e. The summed E-state index contributed by atoms with van der Waals surface area (Å²) in [5, 5.41) is 1.30. The lowest BCUT2D eigenvalue weighted by Gasteiger charge is -2.18. The second-order valence-electron chi connectivity index (χ2n) is 4.02. The molecule has 0 bridgehead atoms. The third kappa shape index (κ3) is 4.62. The number of rotatable bonds is 5. The molecule has 4 heteroatoms. The Hall–Kier alpha value is 0.240. The van der Waals surface area contributed by atoms with Crippen LogP contribution in [0.2, 0.25) is 10.0 Å². The van der Waals surface area contributed by atoms with Crippen molar-refractivity contribution in [3.05, 3.63) is 33.8 Å². The minimum atomic E-state index is 0.546. The zero-order valence-electron chi connectivity index (χ0n) is 9.51. The number of hydrogen-bond donors (Lipinski definition) is 0. The van der Waals surface area contributed by atoms with Gasteiger partial charge in [-0.25, -0.2) is 0 Å². The largest absolute Gasteiger partial charge is 0.302 e. The first kappa shape index (κ1) is 14.3. The Balaban J connectivity index is 2.56. The minimum absolute atomic E-state index is 0.546. The maximum Gasteiger partial charge on any atom is 0.0637 e. The third-order valence-electron chi connectivity index (χ3n) is 2.38. The van der Waals surface area contributed by atoms with Gasteiger partial charge in [-0.15, -0.1) is 0 Å². The molecule has 1 unspecified atom stereocenters. The Kier molecular flexibility index (Phi) is 6.12. The Morgan fingerprint density at radius 3 is 2.69 bits per heavy atom. The molecular weight excluding hydrogens is 309 g/mol. The van der Waals surface area contributed by atoms with Gasteiger partial charge in [-0.2, -0.15) is 0 Å². The summed E-state index contributed by atoms with van der Waals surface area (Å²) in [5.74, 6) is 0. The van der Waals surface area contributed by atoms with Gasteiger partial charge in [-0.05, 0) is 31.6 Å². The molecule has 0 aliphatic rings. The van der Waals surface area contributed by atoms with Crippen LogP contribution >= 0.6 is 39.1 Å². The third-order valence-corrected chi connectivity index (χ3v) is 3.70. The predicted molar refractivity (Wildman–Crippen MR) is 75.8 cm³/mol. The molecule has 0 fully saturated rings. The summed E-state index contributed by atoms with van der Waals surface area (Å²) in [7, 11) is 2.09. The van der Waals surface area contributed by atoms with E-state index >= 15 is 0 Å². The number of alkyl halides is 1. The molecule has 16 heavy (non-hydrogen) atoms. The molecule has 0 aliphatic heterocycles. The van der Waals surface area contributed by atoms with Gasteiger partial charge in [0, 0.05) is 11.4 Å². The van der Waals surface area contributed by atoms with Gasteiger partial charge in [-0.3, -0.25) is 0 Å². The molecule has 0 radical (unpaired) electrons. The van der Waals surface area contributed by atoms with E-state index in [1.54, 1.807) is 0 Å². The average Bonchev–Trinajstić information content (AvgIpc) is 2.22. The summed E-state index contributed by atoms with van der Waals surface area (Å²) in [6.45, 7) is 4.02. The highest BCUT2D eigenvalue weighted by Gasteiger charge is 2.07. The summed E-state index contributed by atoms with van der Waals surface area (Å²) >= 11 is 15.6. The quantitative estimate of drug-likeness (QED) is 0.715. The zero-order valence-corrected chi connectivity index (χ0v) is 12.6. The van der Waals surface area contributed by atoms with Crippen LogP contribution in [0.4, 0.5) is 0 Å². The van der Waals surface area contributed by atoms with E-state index in [1.807, 2.05) is 18.2 Å². The molecule has 1 aromatic carbocycles. The molecule has 0 aromatic heterocycles. The average molecular weight is 325 g/mol. The molecule has 1 rings (SSSR count). The van der Waals surface area contributed by atoms with Crippen LogP contribution in [0.5, 0.6) is 0 Å². The van der Waals surface area contributed by atoms with Crippen molar-refractivity contribution in [3.8, 4) is 0 Å². The lowest BCUT2D eigenvalue weighted by molar-refractivity contribution is 0.323. The number of hydrogen-bond acceptors (Lipinski definition) is 1. The first-order chi connectivity index (χ1) is 7.50. The molecule has 90 valence electrons. The lowest BCUT2D eigenvalue weighted by Crippen LogP contribution is -2.21. The number of benzene rings is 1.